The third-order valence-electron chi connectivity index (χ3n) is 5.16. The molecule has 6 heteroatoms. The number of nitrogens with zero attached hydrogens (tertiary/aromatic N) is 1. The number of ketones is 1. The lowest BCUT2D eigenvalue weighted by Crippen LogP contribution is -2.59. The van der Waals surface area contributed by atoms with E-state index in [4.69, 9.17) is 4.74 Å². The van der Waals surface area contributed by atoms with Crippen molar-refractivity contribution in [2.24, 2.45) is 0 Å². The first kappa shape index (κ1) is 18.4. The van der Waals surface area contributed by atoms with Gasteiger partial charge < -0.3 is 9.64 Å². The van der Waals surface area contributed by atoms with Crippen LogP contribution in [0.1, 0.15) is 56.8 Å². The molecule has 3 rings (SSSR count). The summed E-state index contributed by atoms with van der Waals surface area (Å²) in [6, 6.07) is 4.88. The smallest absolute Gasteiger partial charge is 0.177 e. The molecule has 0 N–H and O–H groups in total. The summed E-state index contributed by atoms with van der Waals surface area (Å²) >= 11 is 0. The number of anilines is 1. The van der Waals surface area contributed by atoms with Crippen LogP contribution >= 0.6 is 0 Å². The van der Waals surface area contributed by atoms with Gasteiger partial charge in [-0.1, -0.05) is 12.8 Å². The van der Waals surface area contributed by atoms with Gasteiger partial charge in [0, 0.05) is 24.9 Å². The van der Waals surface area contributed by atoms with E-state index in [1.807, 2.05) is 13.8 Å². The third kappa shape index (κ3) is 3.75. The van der Waals surface area contributed by atoms with E-state index in [9.17, 15) is 13.2 Å². The molecule has 1 aromatic carbocycles. The fourth-order valence-electron chi connectivity index (χ4n) is 4.26. The van der Waals surface area contributed by atoms with Gasteiger partial charge in [-0.15, -0.1) is 0 Å². The number of rotatable bonds is 3. The first-order valence-corrected chi connectivity index (χ1v) is 10.7. The molecule has 2 fully saturated rings. The zero-order valence-corrected chi connectivity index (χ0v) is 16.3. The fraction of sp³-hybridized carbons (Fsp3) is 0.632. The number of sulfone groups is 1. The molecule has 0 atom stereocenters. The van der Waals surface area contributed by atoms with Crippen molar-refractivity contribution in [3.63, 3.8) is 0 Å². The maximum absolute atomic E-state index is 12.3. The van der Waals surface area contributed by atoms with E-state index in [0.717, 1.165) is 25.7 Å². The number of hydrogen-bond donors (Lipinski definition) is 0. The van der Waals surface area contributed by atoms with Gasteiger partial charge in [-0.2, -0.15) is 0 Å². The van der Waals surface area contributed by atoms with Crippen molar-refractivity contribution in [2.45, 2.75) is 62.6 Å². The van der Waals surface area contributed by atoms with E-state index >= 15 is 0 Å². The van der Waals surface area contributed by atoms with Crippen molar-refractivity contribution in [2.75, 3.05) is 24.2 Å². The SMILES string of the molecule is CC(=O)c1ccc(S(C)(=O)=O)c(N2CC(C)(C)OC3(CCCC3)C2)c1. The summed E-state index contributed by atoms with van der Waals surface area (Å²) in [7, 11) is -3.39. The number of benzene rings is 1. The summed E-state index contributed by atoms with van der Waals surface area (Å²) in [5.74, 6) is -0.0654. The van der Waals surface area contributed by atoms with Crippen molar-refractivity contribution in [1.82, 2.24) is 0 Å². The van der Waals surface area contributed by atoms with Crippen LogP contribution in [0, 0.1) is 0 Å². The highest BCUT2D eigenvalue weighted by Crippen LogP contribution is 2.43. The zero-order valence-electron chi connectivity index (χ0n) is 15.5. The number of carbonyl (C=O) groups excluding carboxylic acids is 1. The second-order valence-corrected chi connectivity index (χ2v) is 10.1. The number of Topliss-reactive ketones (excluding diaryl/α,β-unsaturated/α-hetero) is 1. The van der Waals surface area contributed by atoms with E-state index in [1.54, 1.807) is 18.2 Å². The first-order chi connectivity index (χ1) is 11.5. The fourth-order valence-corrected chi connectivity index (χ4v) is 5.14. The van der Waals surface area contributed by atoms with Crippen molar-refractivity contribution in [3.8, 4) is 0 Å². The summed E-state index contributed by atoms with van der Waals surface area (Å²) in [6.07, 6.45) is 5.48. The largest absolute Gasteiger partial charge is 0.365 e. The maximum Gasteiger partial charge on any atom is 0.177 e. The van der Waals surface area contributed by atoms with Crippen LogP contribution in [0.5, 0.6) is 0 Å². The van der Waals surface area contributed by atoms with Gasteiger partial charge in [-0.05, 0) is 51.8 Å². The van der Waals surface area contributed by atoms with Crippen LogP contribution < -0.4 is 4.90 Å². The molecule has 1 aliphatic heterocycles. The van der Waals surface area contributed by atoms with Gasteiger partial charge in [0.25, 0.3) is 0 Å². The summed E-state index contributed by atoms with van der Waals surface area (Å²) in [6.45, 7) is 6.86. The van der Waals surface area contributed by atoms with Gasteiger partial charge in [0.1, 0.15) is 0 Å². The van der Waals surface area contributed by atoms with E-state index in [1.165, 1.54) is 13.2 Å². The Labute approximate surface area is 150 Å². The van der Waals surface area contributed by atoms with Gasteiger partial charge in [0.2, 0.25) is 0 Å². The van der Waals surface area contributed by atoms with Crippen LogP contribution in [0.4, 0.5) is 5.69 Å². The summed E-state index contributed by atoms with van der Waals surface area (Å²) in [5.41, 5.74) is 0.566. The first-order valence-electron chi connectivity index (χ1n) is 8.82. The standard InChI is InChI=1S/C19H27NO4S/c1-14(21)15-7-8-17(25(4,22)23)16(11-15)20-12-18(2,3)24-19(13-20)9-5-6-10-19/h7-8,11H,5-6,9-10,12-13H2,1-4H3. The van der Waals surface area contributed by atoms with E-state index in [2.05, 4.69) is 4.90 Å². The van der Waals surface area contributed by atoms with Gasteiger partial charge in [0.15, 0.2) is 15.6 Å². The van der Waals surface area contributed by atoms with Crippen LogP contribution in [0.3, 0.4) is 0 Å². The van der Waals surface area contributed by atoms with Gasteiger partial charge in [-0.3, -0.25) is 4.79 Å². The summed E-state index contributed by atoms with van der Waals surface area (Å²) in [5, 5.41) is 0. The number of hydrogen-bond acceptors (Lipinski definition) is 5. The van der Waals surface area contributed by atoms with Crippen molar-refractivity contribution < 1.29 is 17.9 Å². The molecule has 0 unspecified atom stereocenters. The molecule has 1 aromatic rings. The molecule has 0 bridgehead atoms. The second kappa shape index (κ2) is 6.09. The molecule has 1 saturated heterocycles. The molecular weight excluding hydrogens is 338 g/mol. The molecule has 1 aliphatic carbocycles. The molecule has 5 nitrogen and oxygen atoms in total. The van der Waals surface area contributed by atoms with Crippen molar-refractivity contribution in [1.29, 1.82) is 0 Å². The van der Waals surface area contributed by atoms with E-state index < -0.39 is 9.84 Å². The minimum absolute atomic E-state index is 0.0654. The molecule has 2 aliphatic rings. The normalized spacial score (nSPS) is 22.3. The highest BCUT2D eigenvalue weighted by atomic mass is 32.2. The van der Waals surface area contributed by atoms with E-state index in [-0.39, 0.29) is 21.9 Å². The third-order valence-corrected chi connectivity index (χ3v) is 6.31. The Morgan fingerprint density at radius 2 is 1.80 bits per heavy atom. The Bertz CT molecular complexity index is 792. The second-order valence-electron chi connectivity index (χ2n) is 8.12. The predicted molar refractivity (Wildman–Crippen MR) is 98.1 cm³/mol. The molecule has 0 amide bonds. The highest BCUT2D eigenvalue weighted by molar-refractivity contribution is 7.90. The monoisotopic (exact) mass is 365 g/mol. The average molecular weight is 365 g/mol. The molecule has 1 heterocycles. The molecule has 0 radical (unpaired) electrons. The summed E-state index contributed by atoms with van der Waals surface area (Å²) in [4.78, 5) is 14.2. The minimum Gasteiger partial charge on any atom is -0.365 e. The maximum atomic E-state index is 12.3. The molecule has 25 heavy (non-hydrogen) atoms. The van der Waals surface area contributed by atoms with Crippen LogP contribution in [-0.4, -0.2) is 44.7 Å². The average Bonchev–Trinajstić information content (AvgIpc) is 2.91. The molecule has 0 aromatic heterocycles. The lowest BCUT2D eigenvalue weighted by Gasteiger charge is -2.50. The number of morpholine rings is 1. The Hall–Kier alpha value is -1.40. The molecule has 138 valence electrons. The number of carbonyl (C=O) groups is 1. The lowest BCUT2D eigenvalue weighted by atomic mass is 9.93. The van der Waals surface area contributed by atoms with Gasteiger partial charge in [-0.25, -0.2) is 8.42 Å². The van der Waals surface area contributed by atoms with Crippen LogP contribution in [0.25, 0.3) is 0 Å². The van der Waals surface area contributed by atoms with Crippen LogP contribution in [0.15, 0.2) is 23.1 Å². The topological polar surface area (TPSA) is 63.7 Å². The predicted octanol–water partition coefficient (Wildman–Crippen LogP) is 3.22. The lowest BCUT2D eigenvalue weighted by molar-refractivity contribution is -0.148. The highest BCUT2D eigenvalue weighted by Gasteiger charge is 2.46. The number of ether oxygens (including phenoxy) is 1. The Morgan fingerprint density at radius 3 is 2.36 bits per heavy atom. The Balaban J connectivity index is 2.09. The molecular formula is C19H27NO4S. The van der Waals surface area contributed by atoms with E-state index in [0.29, 0.717) is 24.3 Å². The van der Waals surface area contributed by atoms with Gasteiger partial charge >= 0.3 is 0 Å². The van der Waals surface area contributed by atoms with Crippen molar-refractivity contribution >= 4 is 21.3 Å². The minimum atomic E-state index is -3.39. The Kier molecular flexibility index (Phi) is 4.48. The Morgan fingerprint density at radius 1 is 1.16 bits per heavy atom. The molecule has 1 spiro atoms. The van der Waals surface area contributed by atoms with Gasteiger partial charge in [0.05, 0.1) is 21.8 Å². The zero-order chi connectivity index (χ0) is 18.5. The van der Waals surface area contributed by atoms with Crippen molar-refractivity contribution in [3.05, 3.63) is 23.8 Å². The van der Waals surface area contributed by atoms with Crippen LogP contribution in [0.2, 0.25) is 0 Å². The summed E-state index contributed by atoms with van der Waals surface area (Å²) < 4.78 is 31.0. The quantitative estimate of drug-likeness (QED) is 0.770. The van der Waals surface area contributed by atoms with Crippen LogP contribution in [-0.2, 0) is 14.6 Å². The molecule has 1 saturated carbocycles.